The van der Waals surface area contributed by atoms with E-state index in [4.69, 9.17) is 0 Å². The van der Waals surface area contributed by atoms with Crippen LogP contribution in [0.25, 0.3) is 0 Å². The molecule has 0 aliphatic carbocycles. The molecule has 2 aromatic rings. The molecule has 1 N–H and O–H groups in total. The Morgan fingerprint density at radius 3 is 1.86 bits per heavy atom. The van der Waals surface area contributed by atoms with Crippen molar-refractivity contribution in [2.75, 3.05) is 19.7 Å². The predicted octanol–water partition coefficient (Wildman–Crippen LogP) is 3.40. The summed E-state index contributed by atoms with van der Waals surface area (Å²) in [4.78, 5) is 2.46. The first-order valence-corrected chi connectivity index (χ1v) is 7.42. The van der Waals surface area contributed by atoms with Gasteiger partial charge in [0.25, 0.3) is 0 Å². The van der Waals surface area contributed by atoms with E-state index in [1.165, 1.54) is 16.7 Å². The Bertz CT molecular complexity index is 571. The van der Waals surface area contributed by atoms with Crippen molar-refractivity contribution in [3.8, 4) is 0 Å². The van der Waals surface area contributed by atoms with Crippen LogP contribution >= 0.6 is 0 Å². The Kier molecular flexibility index (Phi) is 4.18. The maximum absolute atomic E-state index is 9.25. The smallest absolute Gasteiger partial charge is 0.0642 e. The van der Waals surface area contributed by atoms with Crippen molar-refractivity contribution in [2.24, 2.45) is 0 Å². The van der Waals surface area contributed by atoms with Gasteiger partial charge in [0, 0.05) is 13.1 Å². The van der Waals surface area contributed by atoms with Crippen LogP contribution in [-0.2, 0) is 0 Å². The van der Waals surface area contributed by atoms with Crippen molar-refractivity contribution in [2.45, 2.75) is 13.0 Å². The van der Waals surface area contributed by atoms with Gasteiger partial charge in [-0.1, -0.05) is 60.7 Å². The second-order valence-electron chi connectivity index (χ2n) is 5.67. The average molecular weight is 279 g/mol. The van der Waals surface area contributed by atoms with E-state index in [2.05, 4.69) is 65.6 Å². The molecule has 2 aromatic carbocycles. The van der Waals surface area contributed by atoms with Crippen LogP contribution in [-0.4, -0.2) is 29.7 Å². The van der Waals surface area contributed by atoms with Crippen molar-refractivity contribution in [1.82, 2.24) is 4.90 Å². The summed E-state index contributed by atoms with van der Waals surface area (Å²) < 4.78 is 0. The summed E-state index contributed by atoms with van der Waals surface area (Å²) in [5.41, 5.74) is 5.13. The first-order chi connectivity index (χ1) is 10.3. The molecular formula is C19H21NO. The highest BCUT2D eigenvalue weighted by Gasteiger charge is 2.30. The van der Waals surface area contributed by atoms with E-state index in [1.54, 1.807) is 0 Å². The quantitative estimate of drug-likeness (QED) is 0.867. The van der Waals surface area contributed by atoms with Gasteiger partial charge in [-0.05, 0) is 29.2 Å². The maximum atomic E-state index is 9.25. The lowest BCUT2D eigenvalue weighted by atomic mass is 9.91. The summed E-state index contributed by atoms with van der Waals surface area (Å²) in [6, 6.07) is 21.6. The van der Waals surface area contributed by atoms with Crippen LogP contribution in [0.4, 0.5) is 0 Å². The lowest BCUT2D eigenvalue weighted by Crippen LogP contribution is -2.44. The van der Waals surface area contributed by atoms with Crippen LogP contribution in [0.2, 0.25) is 0 Å². The third-order valence-electron chi connectivity index (χ3n) is 4.22. The number of nitrogens with zero attached hydrogens (tertiary/aromatic N) is 1. The summed E-state index contributed by atoms with van der Waals surface area (Å²) in [5, 5.41) is 9.25. The highest BCUT2D eigenvalue weighted by atomic mass is 16.3. The number of benzene rings is 2. The van der Waals surface area contributed by atoms with Gasteiger partial charge in [-0.15, -0.1) is 0 Å². The molecule has 2 heteroatoms. The highest BCUT2D eigenvalue weighted by Crippen LogP contribution is 2.34. The van der Waals surface area contributed by atoms with Gasteiger partial charge in [0.05, 0.1) is 12.6 Å². The van der Waals surface area contributed by atoms with Crippen molar-refractivity contribution >= 4 is 0 Å². The number of likely N-dealkylation sites (tertiary alicyclic amines) is 1. The lowest BCUT2D eigenvalue weighted by molar-refractivity contribution is 0.196. The fourth-order valence-electron chi connectivity index (χ4n) is 2.89. The Hall–Kier alpha value is -1.90. The van der Waals surface area contributed by atoms with E-state index in [-0.39, 0.29) is 6.61 Å². The molecule has 0 bridgehead atoms. The number of hydrogen-bond acceptors (Lipinski definition) is 2. The van der Waals surface area contributed by atoms with Crippen LogP contribution in [0.1, 0.15) is 24.1 Å². The van der Waals surface area contributed by atoms with Gasteiger partial charge in [-0.25, -0.2) is 0 Å². The van der Waals surface area contributed by atoms with Gasteiger partial charge in [0.1, 0.15) is 0 Å². The molecule has 3 rings (SSSR count). The molecule has 0 amide bonds. The molecule has 1 fully saturated rings. The molecule has 1 aliphatic heterocycles. The molecule has 1 saturated heterocycles. The van der Waals surface area contributed by atoms with E-state index < -0.39 is 0 Å². The van der Waals surface area contributed by atoms with Crippen molar-refractivity contribution < 1.29 is 5.11 Å². The van der Waals surface area contributed by atoms with Crippen molar-refractivity contribution in [3.05, 3.63) is 82.9 Å². The van der Waals surface area contributed by atoms with Crippen LogP contribution in [0.5, 0.6) is 0 Å². The normalized spacial score (nSPS) is 15.1. The first kappa shape index (κ1) is 14.1. The monoisotopic (exact) mass is 279 g/mol. The molecule has 21 heavy (non-hydrogen) atoms. The largest absolute Gasteiger partial charge is 0.392 e. The molecule has 0 aromatic heterocycles. The van der Waals surface area contributed by atoms with E-state index in [1.807, 2.05) is 6.92 Å². The van der Waals surface area contributed by atoms with Gasteiger partial charge in [-0.3, -0.25) is 4.90 Å². The number of aliphatic hydroxyl groups excluding tert-OH is 1. The summed E-state index contributed by atoms with van der Waals surface area (Å²) >= 11 is 0. The van der Waals surface area contributed by atoms with Crippen LogP contribution in [0.3, 0.4) is 0 Å². The molecule has 0 unspecified atom stereocenters. The van der Waals surface area contributed by atoms with Gasteiger partial charge in [0.15, 0.2) is 0 Å². The van der Waals surface area contributed by atoms with Gasteiger partial charge >= 0.3 is 0 Å². The minimum absolute atomic E-state index is 0.171. The van der Waals surface area contributed by atoms with Crippen molar-refractivity contribution in [3.63, 3.8) is 0 Å². The Morgan fingerprint density at radius 1 is 0.952 bits per heavy atom. The van der Waals surface area contributed by atoms with Gasteiger partial charge in [0.2, 0.25) is 0 Å². The average Bonchev–Trinajstić information content (AvgIpc) is 2.51. The number of rotatable bonds is 4. The fraction of sp³-hybridized carbons (Fsp3) is 0.263. The van der Waals surface area contributed by atoms with E-state index in [0.29, 0.717) is 6.04 Å². The van der Waals surface area contributed by atoms with Crippen molar-refractivity contribution in [1.29, 1.82) is 0 Å². The first-order valence-electron chi connectivity index (χ1n) is 7.42. The summed E-state index contributed by atoms with van der Waals surface area (Å²) in [7, 11) is 0. The third-order valence-corrected chi connectivity index (χ3v) is 4.22. The number of aliphatic hydroxyl groups is 1. The van der Waals surface area contributed by atoms with Crippen LogP contribution in [0, 0.1) is 0 Å². The molecule has 0 radical (unpaired) electrons. The standard InChI is InChI=1S/C19H21NO/c1-15(14-21)18-12-20(13-18)19(16-8-4-2-5-9-16)17-10-6-3-7-11-17/h2-11,19,21H,12-14H2,1H3. The zero-order valence-electron chi connectivity index (χ0n) is 12.4. The SMILES string of the molecule is CC(CO)=C1CN(C(c2ccccc2)c2ccccc2)C1. The molecule has 108 valence electrons. The Labute approximate surface area is 126 Å². The maximum Gasteiger partial charge on any atom is 0.0642 e. The molecule has 0 atom stereocenters. The molecule has 0 spiro atoms. The van der Waals surface area contributed by atoms with Crippen LogP contribution in [0.15, 0.2) is 71.8 Å². The second-order valence-corrected chi connectivity index (χ2v) is 5.67. The zero-order valence-corrected chi connectivity index (χ0v) is 12.4. The number of hydrogen-bond donors (Lipinski definition) is 1. The molecule has 0 saturated carbocycles. The zero-order chi connectivity index (χ0) is 14.7. The summed E-state index contributed by atoms with van der Waals surface area (Å²) in [6.45, 7) is 4.08. The molecule has 2 nitrogen and oxygen atoms in total. The Morgan fingerprint density at radius 2 is 1.43 bits per heavy atom. The minimum atomic E-state index is 0.171. The van der Waals surface area contributed by atoms with Crippen LogP contribution < -0.4 is 0 Å². The van der Waals surface area contributed by atoms with E-state index in [0.717, 1.165) is 18.7 Å². The predicted molar refractivity (Wildman–Crippen MR) is 86.1 cm³/mol. The summed E-state index contributed by atoms with van der Waals surface area (Å²) in [5.74, 6) is 0. The molecule has 1 heterocycles. The van der Waals surface area contributed by atoms with E-state index >= 15 is 0 Å². The topological polar surface area (TPSA) is 23.5 Å². The fourth-order valence-corrected chi connectivity index (χ4v) is 2.89. The Balaban J connectivity index is 1.89. The molecule has 1 aliphatic rings. The molecular weight excluding hydrogens is 258 g/mol. The van der Waals surface area contributed by atoms with Gasteiger partial charge < -0.3 is 5.11 Å². The van der Waals surface area contributed by atoms with Gasteiger partial charge in [-0.2, -0.15) is 0 Å². The minimum Gasteiger partial charge on any atom is -0.392 e. The second kappa shape index (κ2) is 6.25. The van der Waals surface area contributed by atoms with E-state index in [9.17, 15) is 5.11 Å². The summed E-state index contributed by atoms with van der Waals surface area (Å²) in [6.07, 6.45) is 0. The lowest BCUT2D eigenvalue weighted by Gasteiger charge is -2.42. The highest BCUT2D eigenvalue weighted by molar-refractivity contribution is 5.35. The third kappa shape index (κ3) is 2.92.